The maximum atomic E-state index is 15.2. The molecule has 1 aromatic carbocycles. The Morgan fingerprint density at radius 1 is 1.15 bits per heavy atom. The summed E-state index contributed by atoms with van der Waals surface area (Å²) in [5.74, 6) is -2.26. The van der Waals surface area contributed by atoms with Crippen molar-refractivity contribution in [3.8, 4) is 0 Å². The molecule has 0 aliphatic heterocycles. The monoisotopic (exact) mass is 506 g/mol. The van der Waals surface area contributed by atoms with Crippen LogP contribution in [0.2, 0.25) is 5.02 Å². The second kappa shape index (κ2) is 12.0. The van der Waals surface area contributed by atoms with Gasteiger partial charge in [0.2, 0.25) is 0 Å². The molecule has 0 bridgehead atoms. The first kappa shape index (κ1) is 25.7. The molecule has 2 aromatic rings. The number of rotatable bonds is 8. The van der Waals surface area contributed by atoms with E-state index in [1.807, 2.05) is 0 Å². The van der Waals surface area contributed by atoms with Gasteiger partial charge in [0.1, 0.15) is 5.82 Å². The van der Waals surface area contributed by atoms with E-state index in [-0.39, 0.29) is 23.0 Å². The molecule has 1 amide bonds. The fourth-order valence-electron chi connectivity index (χ4n) is 3.62. The average molecular weight is 507 g/mol. The van der Waals surface area contributed by atoms with E-state index in [4.69, 9.17) is 16.3 Å². The predicted molar refractivity (Wildman–Crippen MR) is 127 cm³/mol. The van der Waals surface area contributed by atoms with Crippen LogP contribution in [0.25, 0.3) is 0 Å². The minimum absolute atomic E-state index is 0.0181. The van der Waals surface area contributed by atoms with Crippen LogP contribution in [0.1, 0.15) is 31.2 Å². The van der Waals surface area contributed by atoms with Crippen molar-refractivity contribution in [3.05, 3.63) is 64.2 Å². The fraction of sp³-hybridized carbons (Fsp3) is 0.333. The summed E-state index contributed by atoms with van der Waals surface area (Å²) in [4.78, 5) is 43.4. The molecule has 0 unspecified atom stereocenters. The molecule has 1 aliphatic rings. The maximum Gasteiger partial charge on any atom is 0.334 e. The number of ether oxygens (including phenoxy) is 2. The number of esters is 2. The molecule has 1 aliphatic carbocycles. The highest BCUT2D eigenvalue weighted by Gasteiger charge is 2.30. The Labute approximate surface area is 206 Å². The summed E-state index contributed by atoms with van der Waals surface area (Å²) in [6.07, 6.45) is 5.46. The molecule has 7 nitrogen and oxygen atoms in total. The largest absolute Gasteiger partial charge is 0.468 e. The quantitative estimate of drug-likeness (QED) is 0.378. The molecule has 180 valence electrons. The van der Waals surface area contributed by atoms with E-state index in [1.54, 1.807) is 24.5 Å². The lowest BCUT2D eigenvalue weighted by Crippen LogP contribution is -2.34. The number of benzene rings is 1. The number of aromatic nitrogens is 1. The van der Waals surface area contributed by atoms with Crippen LogP contribution in [0, 0.1) is 5.82 Å². The van der Waals surface area contributed by atoms with Crippen molar-refractivity contribution in [3.63, 3.8) is 0 Å². The predicted octanol–water partition coefficient (Wildman–Crippen LogP) is 4.72. The topological polar surface area (TPSA) is 85.8 Å². The Bertz CT molecular complexity index is 1110. The van der Waals surface area contributed by atoms with Crippen molar-refractivity contribution >= 4 is 46.9 Å². The number of hydrogen-bond donors (Lipinski definition) is 0. The second-order valence-corrected chi connectivity index (χ2v) is 8.93. The van der Waals surface area contributed by atoms with Gasteiger partial charge in [0, 0.05) is 28.4 Å². The molecule has 0 N–H and O–H groups in total. The minimum Gasteiger partial charge on any atom is -0.468 e. The van der Waals surface area contributed by atoms with Crippen LogP contribution in [0.5, 0.6) is 0 Å². The van der Waals surface area contributed by atoms with Gasteiger partial charge in [-0.15, -0.1) is 11.8 Å². The molecule has 0 fully saturated rings. The summed E-state index contributed by atoms with van der Waals surface area (Å²) in [5.41, 5.74) is 1.27. The molecule has 1 aromatic heterocycles. The minimum atomic E-state index is -0.708. The van der Waals surface area contributed by atoms with E-state index in [0.717, 1.165) is 30.7 Å². The van der Waals surface area contributed by atoms with Crippen molar-refractivity contribution in [2.24, 2.45) is 0 Å². The summed E-state index contributed by atoms with van der Waals surface area (Å²) in [5, 5.41) is 0.107. The first-order chi connectivity index (χ1) is 16.3. The zero-order valence-corrected chi connectivity index (χ0v) is 20.4. The number of halogens is 2. The van der Waals surface area contributed by atoms with Crippen molar-refractivity contribution in [1.29, 1.82) is 0 Å². The lowest BCUT2D eigenvalue weighted by atomic mass is 9.90. The van der Waals surface area contributed by atoms with Gasteiger partial charge in [-0.2, -0.15) is 0 Å². The SMILES string of the molecule is COC(=O)CSc1cc(N(Cc2cccnc2)C(=O)C2=C(C(=O)OC)CCCC2)c(F)cc1Cl. The summed E-state index contributed by atoms with van der Waals surface area (Å²) >= 11 is 7.28. The molecule has 34 heavy (non-hydrogen) atoms. The van der Waals surface area contributed by atoms with Crippen molar-refractivity contribution in [2.75, 3.05) is 24.9 Å². The van der Waals surface area contributed by atoms with E-state index in [1.165, 1.54) is 25.2 Å². The number of thioether (sulfide) groups is 1. The summed E-state index contributed by atoms with van der Waals surface area (Å²) in [6.45, 7) is 0.0181. The molecule has 10 heteroatoms. The number of anilines is 1. The molecule has 0 saturated carbocycles. The smallest absolute Gasteiger partial charge is 0.334 e. The Morgan fingerprint density at radius 3 is 2.53 bits per heavy atom. The van der Waals surface area contributed by atoms with Gasteiger partial charge in [-0.25, -0.2) is 9.18 Å². The van der Waals surface area contributed by atoms with E-state index in [9.17, 15) is 14.4 Å². The zero-order chi connectivity index (χ0) is 24.7. The molecular formula is C24H24ClFN2O5S. The highest BCUT2D eigenvalue weighted by molar-refractivity contribution is 8.00. The van der Waals surface area contributed by atoms with Crippen LogP contribution in [0.3, 0.4) is 0 Å². The van der Waals surface area contributed by atoms with Crippen LogP contribution in [0.15, 0.2) is 52.7 Å². The lowest BCUT2D eigenvalue weighted by molar-refractivity contribution is -0.138. The zero-order valence-electron chi connectivity index (χ0n) is 18.8. The van der Waals surface area contributed by atoms with Gasteiger partial charge in [0.05, 0.1) is 37.2 Å². The second-order valence-electron chi connectivity index (χ2n) is 7.51. The molecule has 1 heterocycles. The van der Waals surface area contributed by atoms with Gasteiger partial charge in [-0.1, -0.05) is 17.7 Å². The first-order valence-corrected chi connectivity index (χ1v) is 11.9. The Hall–Kier alpha value is -2.91. The Balaban J connectivity index is 2.08. The van der Waals surface area contributed by atoms with E-state index >= 15 is 4.39 Å². The normalized spacial score (nSPS) is 13.4. The van der Waals surface area contributed by atoms with Gasteiger partial charge < -0.3 is 14.4 Å². The summed E-state index contributed by atoms with van der Waals surface area (Å²) in [6, 6.07) is 6.02. The molecule has 0 spiro atoms. The summed E-state index contributed by atoms with van der Waals surface area (Å²) in [7, 11) is 2.54. The Kier molecular flexibility index (Phi) is 9.06. The number of amides is 1. The first-order valence-electron chi connectivity index (χ1n) is 10.6. The third-order valence-electron chi connectivity index (χ3n) is 5.33. The lowest BCUT2D eigenvalue weighted by Gasteiger charge is -2.28. The van der Waals surface area contributed by atoms with Crippen molar-refractivity contribution in [1.82, 2.24) is 4.98 Å². The number of methoxy groups -OCH3 is 2. The van der Waals surface area contributed by atoms with Crippen LogP contribution in [-0.4, -0.2) is 42.8 Å². The molecular weight excluding hydrogens is 483 g/mol. The van der Waals surface area contributed by atoms with Crippen molar-refractivity contribution in [2.45, 2.75) is 37.1 Å². The van der Waals surface area contributed by atoms with E-state index < -0.39 is 23.7 Å². The van der Waals surface area contributed by atoms with Gasteiger partial charge in [0.25, 0.3) is 5.91 Å². The third-order valence-corrected chi connectivity index (χ3v) is 6.79. The number of nitrogens with zero attached hydrogens (tertiary/aromatic N) is 2. The molecule has 0 atom stereocenters. The van der Waals surface area contributed by atoms with Gasteiger partial charge >= 0.3 is 11.9 Å². The number of hydrogen-bond acceptors (Lipinski definition) is 7. The van der Waals surface area contributed by atoms with Gasteiger partial charge in [0.15, 0.2) is 0 Å². The standard InChI is InChI=1S/C24H24ClFN2O5S/c1-32-22(29)14-34-21-11-20(19(26)10-18(21)25)28(13-15-6-5-9-27-12-15)23(30)16-7-3-4-8-17(16)24(31)33-2/h5-6,9-12H,3-4,7-8,13-14H2,1-2H3. The van der Waals surface area contributed by atoms with Crippen LogP contribution in [0.4, 0.5) is 10.1 Å². The molecule has 3 rings (SSSR count). The van der Waals surface area contributed by atoms with Crippen LogP contribution < -0.4 is 4.90 Å². The Morgan fingerprint density at radius 2 is 1.88 bits per heavy atom. The third kappa shape index (κ3) is 6.15. The van der Waals surface area contributed by atoms with Crippen LogP contribution >= 0.6 is 23.4 Å². The highest BCUT2D eigenvalue weighted by Crippen LogP contribution is 2.36. The molecule has 0 radical (unpaired) electrons. The number of carbonyl (C=O) groups is 3. The van der Waals surface area contributed by atoms with E-state index in [2.05, 4.69) is 9.72 Å². The average Bonchev–Trinajstić information content (AvgIpc) is 2.86. The highest BCUT2D eigenvalue weighted by atomic mass is 35.5. The van der Waals surface area contributed by atoms with E-state index in [0.29, 0.717) is 34.4 Å². The van der Waals surface area contributed by atoms with Gasteiger partial charge in [-0.05, 0) is 49.4 Å². The van der Waals surface area contributed by atoms with Gasteiger partial charge in [-0.3, -0.25) is 14.6 Å². The molecule has 0 saturated heterocycles. The number of carbonyl (C=O) groups excluding carboxylic acids is 3. The van der Waals surface area contributed by atoms with Crippen molar-refractivity contribution < 1.29 is 28.2 Å². The van der Waals surface area contributed by atoms with Crippen LogP contribution in [-0.2, 0) is 30.4 Å². The fourth-order valence-corrected chi connectivity index (χ4v) is 4.72. The maximum absolute atomic E-state index is 15.2. The number of pyridine rings is 1. The summed E-state index contributed by atoms with van der Waals surface area (Å²) < 4.78 is 24.7.